The quantitative estimate of drug-likeness (QED) is 0.724. The van der Waals surface area contributed by atoms with Crippen LogP contribution >= 0.6 is 12.2 Å². The highest BCUT2D eigenvalue weighted by atomic mass is 32.1. The molecule has 88 valence electrons. The summed E-state index contributed by atoms with van der Waals surface area (Å²) >= 11 is 5.17. The number of nitrogens with one attached hydrogen (secondary N) is 2. The molecule has 0 bridgehead atoms. The van der Waals surface area contributed by atoms with E-state index in [9.17, 15) is 0 Å². The lowest BCUT2D eigenvalue weighted by Gasteiger charge is -2.22. The predicted octanol–water partition coefficient (Wildman–Crippen LogP) is 2.83. The third kappa shape index (κ3) is 5.98. The molecule has 1 saturated carbocycles. The molecule has 0 aliphatic heterocycles. The van der Waals surface area contributed by atoms with Crippen molar-refractivity contribution < 1.29 is 0 Å². The highest BCUT2D eigenvalue weighted by molar-refractivity contribution is 7.80. The molecule has 0 radical (unpaired) electrons. The molecular weight excluding hydrogens is 204 g/mol. The minimum atomic E-state index is 0.430. The predicted molar refractivity (Wildman–Crippen MR) is 70.1 cm³/mol. The van der Waals surface area contributed by atoms with Gasteiger partial charge in [-0.1, -0.05) is 32.1 Å². The van der Waals surface area contributed by atoms with Crippen LogP contribution in [0.3, 0.4) is 0 Å². The molecule has 0 aromatic heterocycles. The number of hydrogen-bond acceptors (Lipinski definition) is 1. The van der Waals surface area contributed by atoms with Gasteiger partial charge < -0.3 is 10.6 Å². The maximum Gasteiger partial charge on any atom is 0.166 e. The van der Waals surface area contributed by atoms with E-state index in [1.165, 1.54) is 38.5 Å². The van der Waals surface area contributed by atoms with Crippen molar-refractivity contribution in [1.82, 2.24) is 10.6 Å². The summed E-state index contributed by atoms with van der Waals surface area (Å²) in [6.45, 7) is 5.24. The number of rotatable bonds is 4. The fraction of sp³-hybridized carbons (Fsp3) is 0.917. The van der Waals surface area contributed by atoms with E-state index in [0.29, 0.717) is 6.04 Å². The Bertz CT molecular complexity index is 186. The van der Waals surface area contributed by atoms with Gasteiger partial charge in [-0.05, 0) is 38.4 Å². The minimum absolute atomic E-state index is 0.430. The summed E-state index contributed by atoms with van der Waals surface area (Å²) in [4.78, 5) is 0. The Labute approximate surface area is 99.2 Å². The summed E-state index contributed by atoms with van der Waals surface area (Å²) in [7, 11) is 0. The SMILES string of the molecule is CC(C)NC(=S)NCCC1CCCCC1. The van der Waals surface area contributed by atoms with Gasteiger partial charge in [0.05, 0.1) is 0 Å². The number of hydrogen-bond donors (Lipinski definition) is 2. The highest BCUT2D eigenvalue weighted by Crippen LogP contribution is 2.25. The van der Waals surface area contributed by atoms with Crippen LogP contribution in [0.4, 0.5) is 0 Å². The van der Waals surface area contributed by atoms with Crippen LogP contribution in [0.2, 0.25) is 0 Å². The van der Waals surface area contributed by atoms with Crippen molar-refractivity contribution >= 4 is 17.3 Å². The van der Waals surface area contributed by atoms with E-state index in [2.05, 4.69) is 24.5 Å². The van der Waals surface area contributed by atoms with Crippen LogP contribution < -0.4 is 10.6 Å². The van der Waals surface area contributed by atoms with E-state index in [-0.39, 0.29) is 0 Å². The molecule has 15 heavy (non-hydrogen) atoms. The summed E-state index contributed by atoms with van der Waals surface area (Å²) in [5, 5.41) is 7.29. The normalized spacial score (nSPS) is 17.8. The summed E-state index contributed by atoms with van der Waals surface area (Å²) in [6, 6.07) is 0.430. The summed E-state index contributed by atoms with van der Waals surface area (Å²) in [5.74, 6) is 0.938. The third-order valence-corrected chi connectivity index (χ3v) is 3.24. The van der Waals surface area contributed by atoms with Crippen LogP contribution in [0, 0.1) is 5.92 Å². The molecule has 3 heteroatoms. The third-order valence-electron chi connectivity index (χ3n) is 2.98. The second kappa shape index (κ2) is 7.04. The summed E-state index contributed by atoms with van der Waals surface area (Å²) in [6.07, 6.45) is 8.42. The topological polar surface area (TPSA) is 24.1 Å². The first-order valence-electron chi connectivity index (χ1n) is 6.23. The van der Waals surface area contributed by atoms with Gasteiger partial charge in [0.25, 0.3) is 0 Å². The van der Waals surface area contributed by atoms with Gasteiger partial charge in [-0.2, -0.15) is 0 Å². The van der Waals surface area contributed by atoms with Crippen molar-refractivity contribution in [3.8, 4) is 0 Å². The molecular formula is C12H24N2S. The first-order chi connectivity index (χ1) is 7.18. The van der Waals surface area contributed by atoms with Crippen LogP contribution in [0.25, 0.3) is 0 Å². The van der Waals surface area contributed by atoms with Gasteiger partial charge in [0.1, 0.15) is 0 Å². The second-order valence-electron chi connectivity index (χ2n) is 4.85. The molecule has 0 aromatic rings. The van der Waals surface area contributed by atoms with Gasteiger partial charge in [-0.15, -0.1) is 0 Å². The van der Waals surface area contributed by atoms with Crippen molar-refractivity contribution in [2.24, 2.45) is 5.92 Å². The van der Waals surface area contributed by atoms with E-state index in [4.69, 9.17) is 12.2 Å². The zero-order valence-corrected chi connectivity index (χ0v) is 10.8. The zero-order chi connectivity index (χ0) is 11.1. The molecule has 0 spiro atoms. The Hall–Kier alpha value is -0.310. The lowest BCUT2D eigenvalue weighted by molar-refractivity contribution is 0.339. The lowest BCUT2D eigenvalue weighted by Crippen LogP contribution is -2.40. The molecule has 0 atom stereocenters. The molecule has 1 fully saturated rings. The molecule has 1 aliphatic rings. The molecule has 0 saturated heterocycles. The van der Waals surface area contributed by atoms with E-state index < -0.39 is 0 Å². The van der Waals surface area contributed by atoms with E-state index >= 15 is 0 Å². The smallest absolute Gasteiger partial charge is 0.166 e. The van der Waals surface area contributed by atoms with E-state index in [1.807, 2.05) is 0 Å². The van der Waals surface area contributed by atoms with Crippen molar-refractivity contribution in [3.63, 3.8) is 0 Å². The largest absolute Gasteiger partial charge is 0.363 e. The Morgan fingerprint density at radius 2 is 1.93 bits per heavy atom. The fourth-order valence-corrected chi connectivity index (χ4v) is 2.52. The van der Waals surface area contributed by atoms with Gasteiger partial charge in [0.15, 0.2) is 5.11 Å². The first kappa shape index (κ1) is 12.8. The second-order valence-corrected chi connectivity index (χ2v) is 5.26. The monoisotopic (exact) mass is 228 g/mol. The number of thiocarbonyl (C=S) groups is 1. The molecule has 0 amide bonds. The van der Waals surface area contributed by atoms with E-state index in [1.54, 1.807) is 0 Å². The minimum Gasteiger partial charge on any atom is -0.363 e. The van der Waals surface area contributed by atoms with Crippen molar-refractivity contribution in [2.45, 2.75) is 58.4 Å². The van der Waals surface area contributed by atoms with Crippen LogP contribution in [0.5, 0.6) is 0 Å². The first-order valence-corrected chi connectivity index (χ1v) is 6.63. The molecule has 2 nitrogen and oxygen atoms in total. The van der Waals surface area contributed by atoms with Gasteiger partial charge in [-0.25, -0.2) is 0 Å². The molecule has 0 aromatic carbocycles. The zero-order valence-electron chi connectivity index (χ0n) is 10.0. The molecule has 1 aliphatic carbocycles. The fourth-order valence-electron chi connectivity index (χ4n) is 2.18. The van der Waals surface area contributed by atoms with Crippen molar-refractivity contribution in [2.75, 3.05) is 6.54 Å². The van der Waals surface area contributed by atoms with Gasteiger partial charge in [0.2, 0.25) is 0 Å². The van der Waals surface area contributed by atoms with Crippen LogP contribution in [-0.2, 0) is 0 Å². The van der Waals surface area contributed by atoms with Crippen LogP contribution in [0.1, 0.15) is 52.4 Å². The van der Waals surface area contributed by atoms with Crippen LogP contribution in [-0.4, -0.2) is 17.7 Å². The molecule has 0 unspecified atom stereocenters. The summed E-state index contributed by atoms with van der Waals surface area (Å²) < 4.78 is 0. The van der Waals surface area contributed by atoms with Gasteiger partial charge in [0, 0.05) is 12.6 Å². The van der Waals surface area contributed by atoms with E-state index in [0.717, 1.165) is 17.6 Å². The van der Waals surface area contributed by atoms with Crippen molar-refractivity contribution in [3.05, 3.63) is 0 Å². The Balaban J connectivity index is 2.02. The average Bonchev–Trinajstić information content (AvgIpc) is 2.18. The average molecular weight is 228 g/mol. The van der Waals surface area contributed by atoms with Gasteiger partial charge >= 0.3 is 0 Å². The Morgan fingerprint density at radius 1 is 1.27 bits per heavy atom. The maximum atomic E-state index is 5.17. The lowest BCUT2D eigenvalue weighted by atomic mass is 9.87. The Morgan fingerprint density at radius 3 is 2.53 bits per heavy atom. The maximum absolute atomic E-state index is 5.17. The molecule has 2 N–H and O–H groups in total. The summed E-state index contributed by atoms with van der Waals surface area (Å²) in [5.41, 5.74) is 0. The standard InChI is InChI=1S/C12H24N2S/c1-10(2)14-12(15)13-9-8-11-6-4-3-5-7-11/h10-11H,3-9H2,1-2H3,(H2,13,14,15). The van der Waals surface area contributed by atoms with Crippen LogP contribution in [0.15, 0.2) is 0 Å². The Kier molecular flexibility index (Phi) is 5.99. The van der Waals surface area contributed by atoms with Gasteiger partial charge in [-0.3, -0.25) is 0 Å². The molecule has 1 rings (SSSR count). The highest BCUT2D eigenvalue weighted by Gasteiger charge is 2.12. The molecule has 0 heterocycles. The van der Waals surface area contributed by atoms with Crippen molar-refractivity contribution in [1.29, 1.82) is 0 Å².